The molecule has 1 heterocycles. The SMILES string of the molecule is C[C@@H](c1cccc([N+](=O)[O-])c1)N(C)C(=O)/C=C/c1cn(Cc2ccccc2)nn1. The van der Waals surface area contributed by atoms with Crippen LogP contribution < -0.4 is 0 Å². The number of nitro benzene ring substituents is 1. The number of carbonyl (C=O) groups is 1. The smallest absolute Gasteiger partial charge is 0.269 e. The van der Waals surface area contributed by atoms with Crippen LogP contribution >= 0.6 is 0 Å². The Kier molecular flexibility index (Phi) is 6.13. The second-order valence-electron chi connectivity index (χ2n) is 6.64. The van der Waals surface area contributed by atoms with E-state index in [9.17, 15) is 14.9 Å². The first-order chi connectivity index (χ1) is 13.9. The molecule has 1 amide bonds. The average molecular weight is 391 g/mol. The zero-order chi connectivity index (χ0) is 20.8. The molecule has 0 radical (unpaired) electrons. The largest absolute Gasteiger partial charge is 0.335 e. The summed E-state index contributed by atoms with van der Waals surface area (Å²) in [7, 11) is 1.66. The Balaban J connectivity index is 1.64. The van der Waals surface area contributed by atoms with Crippen molar-refractivity contribution in [1.29, 1.82) is 0 Å². The van der Waals surface area contributed by atoms with Gasteiger partial charge in [0.25, 0.3) is 5.69 Å². The minimum absolute atomic E-state index is 0.000714. The molecule has 0 spiro atoms. The van der Waals surface area contributed by atoms with Crippen molar-refractivity contribution in [2.24, 2.45) is 0 Å². The van der Waals surface area contributed by atoms with E-state index in [1.807, 2.05) is 37.3 Å². The predicted molar refractivity (Wildman–Crippen MR) is 109 cm³/mol. The van der Waals surface area contributed by atoms with Crippen molar-refractivity contribution in [1.82, 2.24) is 19.9 Å². The number of hydrogen-bond donors (Lipinski definition) is 0. The lowest BCUT2D eigenvalue weighted by Crippen LogP contribution is -2.28. The Labute approximate surface area is 168 Å². The van der Waals surface area contributed by atoms with Crippen molar-refractivity contribution in [2.75, 3.05) is 7.05 Å². The van der Waals surface area contributed by atoms with Crippen molar-refractivity contribution in [2.45, 2.75) is 19.5 Å². The number of nitro groups is 1. The van der Waals surface area contributed by atoms with Gasteiger partial charge < -0.3 is 4.90 Å². The summed E-state index contributed by atoms with van der Waals surface area (Å²) in [5, 5.41) is 19.1. The topological polar surface area (TPSA) is 94.2 Å². The van der Waals surface area contributed by atoms with Crippen LogP contribution in [0.5, 0.6) is 0 Å². The van der Waals surface area contributed by atoms with Gasteiger partial charge in [0.05, 0.1) is 23.7 Å². The molecule has 0 aliphatic carbocycles. The summed E-state index contributed by atoms with van der Waals surface area (Å²) < 4.78 is 1.70. The average Bonchev–Trinajstić information content (AvgIpc) is 3.19. The molecule has 8 heteroatoms. The first-order valence-corrected chi connectivity index (χ1v) is 9.07. The molecule has 0 N–H and O–H groups in total. The fourth-order valence-corrected chi connectivity index (χ4v) is 2.82. The first-order valence-electron chi connectivity index (χ1n) is 9.07. The van der Waals surface area contributed by atoms with Crippen molar-refractivity contribution in [3.63, 3.8) is 0 Å². The molecular weight excluding hydrogens is 370 g/mol. The number of nitrogens with zero attached hydrogens (tertiary/aromatic N) is 5. The third kappa shape index (κ3) is 5.13. The molecule has 148 valence electrons. The molecule has 3 rings (SSSR count). The summed E-state index contributed by atoms with van der Waals surface area (Å²) in [6, 6.07) is 15.9. The molecular formula is C21H21N5O3. The van der Waals surface area contributed by atoms with Crippen LogP contribution in [0.25, 0.3) is 6.08 Å². The van der Waals surface area contributed by atoms with E-state index in [0.29, 0.717) is 17.8 Å². The Morgan fingerprint density at radius 2 is 2.00 bits per heavy atom. The molecule has 3 aromatic rings. The van der Waals surface area contributed by atoms with Crippen LogP contribution in [0.15, 0.2) is 66.9 Å². The normalized spacial score (nSPS) is 12.1. The van der Waals surface area contributed by atoms with Crippen LogP contribution in [0.4, 0.5) is 5.69 Å². The van der Waals surface area contributed by atoms with Gasteiger partial charge in [0, 0.05) is 25.3 Å². The summed E-state index contributed by atoms with van der Waals surface area (Å²) in [5.74, 6) is -0.235. The summed E-state index contributed by atoms with van der Waals surface area (Å²) in [4.78, 5) is 24.5. The van der Waals surface area contributed by atoms with E-state index >= 15 is 0 Å². The minimum atomic E-state index is -0.448. The number of benzene rings is 2. The fraction of sp³-hybridized carbons (Fsp3) is 0.190. The number of rotatable bonds is 7. The van der Waals surface area contributed by atoms with Crippen molar-refractivity contribution >= 4 is 17.7 Å². The summed E-state index contributed by atoms with van der Waals surface area (Å²) in [6.07, 6.45) is 4.79. The highest BCUT2D eigenvalue weighted by Gasteiger charge is 2.17. The number of aromatic nitrogens is 3. The first kappa shape index (κ1) is 19.9. The van der Waals surface area contributed by atoms with E-state index in [2.05, 4.69) is 10.3 Å². The van der Waals surface area contributed by atoms with Crippen LogP contribution in [-0.4, -0.2) is 37.8 Å². The van der Waals surface area contributed by atoms with Crippen LogP contribution in [0.3, 0.4) is 0 Å². The molecule has 1 aromatic heterocycles. The molecule has 0 unspecified atom stereocenters. The lowest BCUT2D eigenvalue weighted by molar-refractivity contribution is -0.384. The van der Waals surface area contributed by atoms with Gasteiger partial charge in [-0.25, -0.2) is 4.68 Å². The van der Waals surface area contributed by atoms with Crippen molar-refractivity contribution < 1.29 is 9.72 Å². The highest BCUT2D eigenvalue weighted by molar-refractivity contribution is 5.91. The van der Waals surface area contributed by atoms with Gasteiger partial charge in [-0.2, -0.15) is 0 Å². The maximum Gasteiger partial charge on any atom is 0.269 e. The lowest BCUT2D eigenvalue weighted by Gasteiger charge is -2.24. The number of carbonyl (C=O) groups excluding carboxylic acids is 1. The lowest BCUT2D eigenvalue weighted by atomic mass is 10.1. The monoisotopic (exact) mass is 391 g/mol. The minimum Gasteiger partial charge on any atom is -0.335 e. The zero-order valence-electron chi connectivity index (χ0n) is 16.2. The van der Waals surface area contributed by atoms with E-state index in [1.54, 1.807) is 36.1 Å². The molecule has 8 nitrogen and oxygen atoms in total. The Morgan fingerprint density at radius 3 is 2.72 bits per heavy atom. The molecule has 0 bridgehead atoms. The van der Waals surface area contributed by atoms with Gasteiger partial charge in [-0.05, 0) is 24.1 Å². The molecule has 0 aliphatic heterocycles. The van der Waals surface area contributed by atoms with Gasteiger partial charge in [-0.15, -0.1) is 5.10 Å². The number of hydrogen-bond acceptors (Lipinski definition) is 5. The van der Waals surface area contributed by atoms with E-state index in [0.717, 1.165) is 5.56 Å². The standard InChI is InChI=1S/C21H21N5O3/c1-16(18-9-6-10-20(13-18)26(28)29)24(2)21(27)12-11-19-15-25(23-22-19)14-17-7-4-3-5-8-17/h3-13,15-16H,14H2,1-2H3/b12-11+/t16-/m0/s1. The predicted octanol–water partition coefficient (Wildman–Crippen LogP) is 3.47. The fourth-order valence-electron chi connectivity index (χ4n) is 2.82. The summed E-state index contributed by atoms with van der Waals surface area (Å²) >= 11 is 0. The highest BCUT2D eigenvalue weighted by atomic mass is 16.6. The highest BCUT2D eigenvalue weighted by Crippen LogP contribution is 2.23. The van der Waals surface area contributed by atoms with Gasteiger partial charge in [-0.3, -0.25) is 14.9 Å². The third-order valence-electron chi connectivity index (χ3n) is 4.63. The van der Waals surface area contributed by atoms with Crippen LogP contribution in [-0.2, 0) is 11.3 Å². The molecule has 0 aliphatic rings. The van der Waals surface area contributed by atoms with Gasteiger partial charge in [0.1, 0.15) is 5.69 Å². The van der Waals surface area contributed by atoms with Gasteiger partial charge >= 0.3 is 0 Å². The second-order valence-corrected chi connectivity index (χ2v) is 6.64. The van der Waals surface area contributed by atoms with Crippen molar-refractivity contribution in [3.8, 4) is 0 Å². The molecule has 0 saturated carbocycles. The number of likely N-dealkylation sites (N-methyl/N-ethyl adjacent to an activating group) is 1. The Morgan fingerprint density at radius 1 is 1.24 bits per heavy atom. The Hall–Kier alpha value is -3.81. The maximum absolute atomic E-state index is 12.5. The second kappa shape index (κ2) is 8.92. The number of non-ortho nitro benzene ring substituents is 1. The van der Waals surface area contributed by atoms with E-state index in [-0.39, 0.29) is 17.6 Å². The molecule has 0 saturated heterocycles. The molecule has 29 heavy (non-hydrogen) atoms. The van der Waals surface area contributed by atoms with E-state index < -0.39 is 4.92 Å². The third-order valence-corrected chi connectivity index (χ3v) is 4.63. The quantitative estimate of drug-likeness (QED) is 0.349. The van der Waals surface area contributed by atoms with Gasteiger partial charge in [0.15, 0.2) is 0 Å². The molecule has 0 fully saturated rings. The van der Waals surface area contributed by atoms with E-state index in [4.69, 9.17) is 0 Å². The molecule has 2 aromatic carbocycles. The van der Waals surface area contributed by atoms with Crippen LogP contribution in [0, 0.1) is 10.1 Å². The van der Waals surface area contributed by atoms with E-state index in [1.165, 1.54) is 23.1 Å². The maximum atomic E-state index is 12.5. The van der Waals surface area contributed by atoms with Crippen LogP contribution in [0.1, 0.15) is 29.8 Å². The Bertz CT molecular complexity index is 1030. The molecule has 1 atom stereocenters. The van der Waals surface area contributed by atoms with Gasteiger partial charge in [-0.1, -0.05) is 47.7 Å². The van der Waals surface area contributed by atoms with Crippen LogP contribution in [0.2, 0.25) is 0 Å². The summed E-state index contributed by atoms with van der Waals surface area (Å²) in [5.41, 5.74) is 2.37. The summed E-state index contributed by atoms with van der Waals surface area (Å²) in [6.45, 7) is 2.42. The zero-order valence-corrected chi connectivity index (χ0v) is 16.2. The van der Waals surface area contributed by atoms with Crippen molar-refractivity contribution in [3.05, 3.63) is 93.8 Å². The number of amides is 1. The van der Waals surface area contributed by atoms with Gasteiger partial charge in [0.2, 0.25) is 5.91 Å².